The number of benzene rings is 2. The van der Waals surface area contributed by atoms with Gasteiger partial charge in [0.25, 0.3) is 0 Å². The quantitative estimate of drug-likeness (QED) is 0.185. The van der Waals surface area contributed by atoms with Gasteiger partial charge < -0.3 is 9.47 Å². The lowest BCUT2D eigenvalue weighted by Gasteiger charge is -2.10. The van der Waals surface area contributed by atoms with E-state index in [1.54, 1.807) is 12.1 Å². The van der Waals surface area contributed by atoms with E-state index in [-0.39, 0.29) is 11.5 Å². The fourth-order valence-electron chi connectivity index (χ4n) is 3.21. The van der Waals surface area contributed by atoms with Crippen molar-refractivity contribution in [2.45, 2.75) is 70.9 Å². The van der Waals surface area contributed by atoms with Crippen molar-refractivity contribution in [2.75, 3.05) is 6.61 Å². The van der Waals surface area contributed by atoms with Crippen LogP contribution in [-0.2, 0) is 6.42 Å². The third kappa shape index (κ3) is 10.4. The summed E-state index contributed by atoms with van der Waals surface area (Å²) in [6.45, 7) is 0.862. The Labute approximate surface area is 182 Å². The third-order valence-corrected chi connectivity index (χ3v) is 4.95. The first-order valence-corrected chi connectivity index (χ1v) is 11.0. The number of halogens is 3. The molecule has 0 saturated heterocycles. The Kier molecular flexibility index (Phi) is 10.4. The van der Waals surface area contributed by atoms with Gasteiger partial charge in [-0.3, -0.25) is 0 Å². The summed E-state index contributed by atoms with van der Waals surface area (Å²) in [4.78, 5) is 12.3. The van der Waals surface area contributed by atoms with Crippen molar-refractivity contribution in [1.29, 1.82) is 0 Å². The number of esters is 1. The van der Waals surface area contributed by atoms with Crippen molar-refractivity contribution in [3.8, 4) is 11.5 Å². The molecule has 0 aliphatic heterocycles. The minimum atomic E-state index is -4.40. The van der Waals surface area contributed by atoms with E-state index in [0.717, 1.165) is 12.8 Å². The van der Waals surface area contributed by atoms with Crippen LogP contribution >= 0.6 is 0 Å². The molecule has 3 nitrogen and oxygen atoms in total. The second kappa shape index (κ2) is 13.0. The molecule has 0 atom stereocenters. The summed E-state index contributed by atoms with van der Waals surface area (Å²) in [5.41, 5.74) is 1.62. The smallest absolute Gasteiger partial charge is 0.422 e. The Morgan fingerprint density at radius 2 is 1.32 bits per heavy atom. The Morgan fingerprint density at radius 3 is 1.90 bits per heavy atom. The normalized spacial score (nSPS) is 11.4. The first-order valence-electron chi connectivity index (χ1n) is 11.0. The van der Waals surface area contributed by atoms with Gasteiger partial charge in [0.05, 0.1) is 5.56 Å². The molecule has 0 heterocycles. The molecule has 2 aromatic carbocycles. The number of unbranched alkanes of at least 4 members (excludes halogenated alkanes) is 7. The molecule has 2 rings (SSSR count). The number of hydrogen-bond donors (Lipinski definition) is 0. The number of aryl methyl sites for hydroxylation is 1. The second-order valence-electron chi connectivity index (χ2n) is 7.69. The highest BCUT2D eigenvalue weighted by atomic mass is 19.4. The molecular weight excluding hydrogens is 405 g/mol. The Hall–Kier alpha value is -2.50. The van der Waals surface area contributed by atoms with Gasteiger partial charge in [-0.25, -0.2) is 4.79 Å². The topological polar surface area (TPSA) is 35.5 Å². The fraction of sp³-hybridized carbons (Fsp3) is 0.480. The zero-order chi connectivity index (χ0) is 22.5. The van der Waals surface area contributed by atoms with Crippen molar-refractivity contribution in [3.05, 3.63) is 59.7 Å². The first-order chi connectivity index (χ1) is 14.9. The zero-order valence-corrected chi connectivity index (χ0v) is 18.0. The summed E-state index contributed by atoms with van der Waals surface area (Å²) in [5.74, 6) is -0.211. The van der Waals surface area contributed by atoms with Gasteiger partial charge in [-0.1, -0.05) is 64.0 Å². The summed E-state index contributed by atoms with van der Waals surface area (Å²) < 4.78 is 46.4. The van der Waals surface area contributed by atoms with Crippen LogP contribution in [0.15, 0.2) is 48.5 Å². The van der Waals surface area contributed by atoms with Gasteiger partial charge in [-0.2, -0.15) is 13.2 Å². The summed E-state index contributed by atoms with van der Waals surface area (Å²) >= 11 is 0. The molecule has 0 fully saturated rings. The first kappa shape index (κ1) is 24.8. The van der Waals surface area contributed by atoms with Crippen LogP contribution in [-0.4, -0.2) is 18.8 Å². The predicted molar refractivity (Wildman–Crippen MR) is 116 cm³/mol. The Balaban J connectivity index is 1.71. The average molecular weight is 437 g/mol. The molecule has 31 heavy (non-hydrogen) atoms. The SMILES string of the molecule is CCCCCCCCCCc1ccc(C(=O)Oc2ccc(OCC(F)(F)F)cc2)cc1. The molecule has 0 unspecified atom stereocenters. The highest BCUT2D eigenvalue weighted by Crippen LogP contribution is 2.22. The third-order valence-electron chi connectivity index (χ3n) is 4.95. The lowest BCUT2D eigenvalue weighted by atomic mass is 10.0. The molecule has 0 amide bonds. The maximum atomic E-state index is 12.3. The molecule has 0 saturated carbocycles. The van der Waals surface area contributed by atoms with Crippen LogP contribution in [0.2, 0.25) is 0 Å². The highest BCUT2D eigenvalue weighted by Gasteiger charge is 2.28. The van der Waals surface area contributed by atoms with Gasteiger partial charge in [0, 0.05) is 0 Å². The van der Waals surface area contributed by atoms with Gasteiger partial charge in [0.2, 0.25) is 0 Å². The van der Waals surface area contributed by atoms with E-state index in [0.29, 0.717) is 5.56 Å². The van der Waals surface area contributed by atoms with Gasteiger partial charge in [-0.15, -0.1) is 0 Å². The van der Waals surface area contributed by atoms with Crippen LogP contribution < -0.4 is 9.47 Å². The number of carbonyl (C=O) groups is 1. The maximum Gasteiger partial charge on any atom is 0.422 e. The van der Waals surface area contributed by atoms with Gasteiger partial charge >= 0.3 is 12.1 Å². The molecule has 0 aromatic heterocycles. The molecule has 0 bridgehead atoms. The van der Waals surface area contributed by atoms with Crippen LogP contribution in [0.25, 0.3) is 0 Å². The predicted octanol–water partition coefficient (Wildman–Crippen LogP) is 7.53. The van der Waals surface area contributed by atoms with Crippen LogP contribution in [0.3, 0.4) is 0 Å². The van der Waals surface area contributed by atoms with Gasteiger partial charge in [0.1, 0.15) is 11.5 Å². The van der Waals surface area contributed by atoms with Crippen molar-refractivity contribution < 1.29 is 27.4 Å². The summed E-state index contributed by atoms with van der Waals surface area (Å²) in [5, 5.41) is 0. The van der Waals surface area contributed by atoms with E-state index < -0.39 is 18.8 Å². The van der Waals surface area contributed by atoms with Gasteiger partial charge in [-0.05, 0) is 54.8 Å². The molecule has 0 aliphatic carbocycles. The van der Waals surface area contributed by atoms with Crippen molar-refractivity contribution >= 4 is 5.97 Å². The van der Waals surface area contributed by atoms with Crippen LogP contribution in [0.1, 0.15) is 74.2 Å². The van der Waals surface area contributed by atoms with Crippen LogP contribution in [0.4, 0.5) is 13.2 Å². The second-order valence-corrected chi connectivity index (χ2v) is 7.69. The minimum Gasteiger partial charge on any atom is -0.484 e. The highest BCUT2D eigenvalue weighted by molar-refractivity contribution is 5.91. The Bertz CT molecular complexity index is 768. The summed E-state index contributed by atoms with van der Waals surface area (Å²) in [6, 6.07) is 12.8. The number of ether oxygens (including phenoxy) is 2. The van der Waals surface area contributed by atoms with E-state index in [1.165, 1.54) is 74.8 Å². The molecule has 2 aromatic rings. The fourth-order valence-corrected chi connectivity index (χ4v) is 3.21. The lowest BCUT2D eigenvalue weighted by molar-refractivity contribution is -0.153. The number of hydrogen-bond acceptors (Lipinski definition) is 3. The van der Waals surface area contributed by atoms with Crippen LogP contribution in [0.5, 0.6) is 11.5 Å². The van der Waals surface area contributed by atoms with E-state index in [2.05, 4.69) is 11.7 Å². The van der Waals surface area contributed by atoms with Crippen molar-refractivity contribution in [2.24, 2.45) is 0 Å². The average Bonchev–Trinajstić information content (AvgIpc) is 2.75. The lowest BCUT2D eigenvalue weighted by Crippen LogP contribution is -2.19. The molecule has 0 aliphatic rings. The zero-order valence-electron chi connectivity index (χ0n) is 18.0. The summed E-state index contributed by atoms with van der Waals surface area (Å²) in [6.07, 6.45) is 6.80. The van der Waals surface area contributed by atoms with E-state index in [4.69, 9.17) is 4.74 Å². The van der Waals surface area contributed by atoms with Crippen molar-refractivity contribution in [1.82, 2.24) is 0 Å². The minimum absolute atomic E-state index is 0.0578. The Morgan fingerprint density at radius 1 is 0.774 bits per heavy atom. The molecule has 0 spiro atoms. The maximum absolute atomic E-state index is 12.3. The summed E-state index contributed by atoms with van der Waals surface area (Å²) in [7, 11) is 0. The number of alkyl halides is 3. The number of carbonyl (C=O) groups excluding carboxylic acids is 1. The number of rotatable bonds is 13. The van der Waals surface area contributed by atoms with Crippen LogP contribution in [0, 0.1) is 0 Å². The molecular formula is C25H31F3O3. The molecule has 0 radical (unpaired) electrons. The molecule has 0 N–H and O–H groups in total. The monoisotopic (exact) mass is 436 g/mol. The van der Waals surface area contributed by atoms with E-state index in [9.17, 15) is 18.0 Å². The van der Waals surface area contributed by atoms with Crippen molar-refractivity contribution in [3.63, 3.8) is 0 Å². The van der Waals surface area contributed by atoms with Gasteiger partial charge in [0.15, 0.2) is 6.61 Å². The standard InChI is InChI=1S/C25H31F3O3/c1-2-3-4-5-6-7-8-9-10-20-11-13-21(14-12-20)24(29)31-23-17-15-22(16-18-23)30-19-25(26,27)28/h11-18H,2-10,19H2,1H3. The van der Waals surface area contributed by atoms with E-state index >= 15 is 0 Å². The largest absolute Gasteiger partial charge is 0.484 e. The molecule has 170 valence electrons. The molecule has 6 heteroatoms. The van der Waals surface area contributed by atoms with E-state index in [1.807, 2.05) is 12.1 Å².